The molecule has 0 aliphatic rings. The Kier molecular flexibility index (Phi) is 4.49. The van der Waals surface area contributed by atoms with Crippen LogP contribution in [-0.4, -0.2) is 32.0 Å². The Morgan fingerprint density at radius 2 is 2.29 bits per heavy atom. The Balaban J connectivity index is 1.97. The quantitative estimate of drug-likeness (QED) is 0.515. The summed E-state index contributed by atoms with van der Waals surface area (Å²) in [5.74, 6) is -0.345. The predicted molar refractivity (Wildman–Crippen MR) is 74.7 cm³/mol. The van der Waals surface area contributed by atoms with Crippen LogP contribution in [0, 0.1) is 17.0 Å². The van der Waals surface area contributed by atoms with E-state index in [0.717, 1.165) is 6.20 Å². The van der Waals surface area contributed by atoms with E-state index in [9.17, 15) is 14.9 Å². The summed E-state index contributed by atoms with van der Waals surface area (Å²) < 4.78 is 6.35. The third-order valence-corrected chi connectivity index (χ3v) is 3.41. The van der Waals surface area contributed by atoms with Gasteiger partial charge in [0.05, 0.1) is 5.02 Å². The van der Waals surface area contributed by atoms with Gasteiger partial charge in [-0.05, 0) is 11.0 Å². The van der Waals surface area contributed by atoms with Crippen LogP contribution in [0.25, 0.3) is 0 Å². The van der Waals surface area contributed by atoms with E-state index in [1.807, 2.05) is 0 Å². The number of aromatic amines is 1. The Morgan fingerprint density at radius 1 is 1.57 bits per heavy atom. The second kappa shape index (κ2) is 6.15. The van der Waals surface area contributed by atoms with Crippen molar-refractivity contribution >= 4 is 35.0 Å². The van der Waals surface area contributed by atoms with Crippen LogP contribution in [0.15, 0.2) is 12.3 Å². The van der Waals surface area contributed by atoms with Gasteiger partial charge >= 0.3 is 11.8 Å². The van der Waals surface area contributed by atoms with Gasteiger partial charge in [0.1, 0.15) is 30.2 Å². The van der Waals surface area contributed by atoms with Gasteiger partial charge in [0.25, 0.3) is 0 Å². The van der Waals surface area contributed by atoms with Crippen molar-refractivity contribution in [3.63, 3.8) is 0 Å². The monoisotopic (exact) mass is 332 g/mol. The third-order valence-electron chi connectivity index (χ3n) is 2.71. The summed E-state index contributed by atoms with van der Waals surface area (Å²) in [6.45, 7) is 1.69. The molecule has 0 unspecified atom stereocenters. The molecule has 0 aliphatic heterocycles. The van der Waals surface area contributed by atoms with Crippen molar-refractivity contribution in [2.75, 3.05) is 6.61 Å². The van der Waals surface area contributed by atoms with Gasteiger partial charge in [-0.2, -0.15) is 0 Å². The van der Waals surface area contributed by atoms with Crippen molar-refractivity contribution < 1.29 is 14.5 Å². The number of aryl methyl sites for hydroxylation is 1. The molecule has 0 aromatic carbocycles. The van der Waals surface area contributed by atoms with Crippen molar-refractivity contribution in [3.8, 4) is 0 Å². The lowest BCUT2D eigenvalue weighted by atomic mass is 10.4. The Hall–Kier alpha value is -2.06. The standard InChI is InChI=1S/C11H10Cl2N4O4/c1-6-14-5-9(17(19)20)16(6)2-3-21-11(18)8-4-7(12)10(13)15-8/h4-5,15H,2-3H2,1H3. The minimum atomic E-state index is -0.649. The van der Waals surface area contributed by atoms with Gasteiger partial charge in [-0.25, -0.2) is 14.3 Å². The number of nitrogens with one attached hydrogen (secondary N) is 1. The molecule has 0 saturated carbocycles. The summed E-state index contributed by atoms with van der Waals surface area (Å²) in [5.41, 5.74) is 0.113. The largest absolute Gasteiger partial charge is 0.457 e. The van der Waals surface area contributed by atoms with Gasteiger partial charge in [-0.15, -0.1) is 0 Å². The van der Waals surface area contributed by atoms with E-state index in [4.69, 9.17) is 27.9 Å². The summed E-state index contributed by atoms with van der Waals surface area (Å²) in [6, 6.07) is 1.34. The molecule has 2 aromatic heterocycles. The molecule has 0 aliphatic carbocycles. The Bertz CT molecular complexity index is 675. The average Bonchev–Trinajstić information content (AvgIpc) is 2.94. The summed E-state index contributed by atoms with van der Waals surface area (Å²) in [7, 11) is 0. The number of esters is 1. The fraction of sp³-hybridized carbons (Fsp3) is 0.273. The normalized spacial score (nSPS) is 10.6. The molecule has 0 bridgehead atoms. The van der Waals surface area contributed by atoms with E-state index in [-0.39, 0.29) is 34.8 Å². The van der Waals surface area contributed by atoms with Gasteiger partial charge < -0.3 is 19.8 Å². The second-order valence-corrected chi connectivity index (χ2v) is 4.84. The number of nitrogens with zero attached hydrogens (tertiary/aromatic N) is 3. The molecule has 1 N–H and O–H groups in total. The molecule has 2 heterocycles. The molecule has 0 fully saturated rings. The zero-order valence-electron chi connectivity index (χ0n) is 10.8. The average molecular weight is 333 g/mol. The molecular weight excluding hydrogens is 323 g/mol. The maximum Gasteiger partial charge on any atom is 0.354 e. The van der Waals surface area contributed by atoms with E-state index in [0.29, 0.717) is 5.82 Å². The van der Waals surface area contributed by atoms with Crippen molar-refractivity contribution in [3.05, 3.63) is 44.1 Å². The number of halogens is 2. The van der Waals surface area contributed by atoms with Crippen molar-refractivity contribution in [1.29, 1.82) is 0 Å². The highest BCUT2D eigenvalue weighted by Gasteiger charge is 2.18. The number of nitro groups is 1. The topological polar surface area (TPSA) is 103 Å². The lowest BCUT2D eigenvalue weighted by Gasteiger charge is -2.04. The van der Waals surface area contributed by atoms with Gasteiger partial charge in [-0.3, -0.25) is 0 Å². The first-order chi connectivity index (χ1) is 9.90. The van der Waals surface area contributed by atoms with Crippen LogP contribution in [0.1, 0.15) is 16.3 Å². The minimum Gasteiger partial charge on any atom is -0.457 e. The molecular formula is C11H10Cl2N4O4. The van der Waals surface area contributed by atoms with Crippen molar-refractivity contribution in [1.82, 2.24) is 14.5 Å². The van der Waals surface area contributed by atoms with Gasteiger partial charge in [-0.1, -0.05) is 23.2 Å². The molecule has 112 valence electrons. The predicted octanol–water partition coefficient (Wildman–Crippen LogP) is 2.59. The smallest absolute Gasteiger partial charge is 0.354 e. The van der Waals surface area contributed by atoms with E-state index in [1.165, 1.54) is 10.6 Å². The molecule has 10 heteroatoms. The number of hydrogen-bond donors (Lipinski definition) is 1. The van der Waals surface area contributed by atoms with Crippen molar-refractivity contribution in [2.45, 2.75) is 13.5 Å². The number of ether oxygens (including phenoxy) is 1. The Labute approximate surface area is 128 Å². The minimum absolute atomic E-state index is 0.0505. The number of hydrogen-bond acceptors (Lipinski definition) is 5. The SMILES string of the molecule is Cc1ncc([N+](=O)[O-])n1CCOC(=O)c1cc(Cl)c(Cl)[nH]1. The van der Waals surface area contributed by atoms with Crippen LogP contribution in [0.4, 0.5) is 5.82 Å². The lowest BCUT2D eigenvalue weighted by molar-refractivity contribution is -0.392. The van der Waals surface area contributed by atoms with E-state index in [1.54, 1.807) is 6.92 Å². The maximum atomic E-state index is 11.7. The van der Waals surface area contributed by atoms with E-state index < -0.39 is 10.9 Å². The fourth-order valence-electron chi connectivity index (χ4n) is 1.70. The number of H-pyrrole nitrogens is 1. The van der Waals surface area contributed by atoms with Crippen LogP contribution in [-0.2, 0) is 11.3 Å². The highest BCUT2D eigenvalue weighted by atomic mass is 35.5. The van der Waals surface area contributed by atoms with Crippen molar-refractivity contribution in [2.24, 2.45) is 0 Å². The molecule has 2 aromatic rings. The number of carbonyl (C=O) groups is 1. The molecule has 0 spiro atoms. The first kappa shape index (κ1) is 15.3. The maximum absolute atomic E-state index is 11.7. The summed E-state index contributed by atoms with van der Waals surface area (Å²) >= 11 is 11.4. The number of imidazole rings is 1. The third kappa shape index (κ3) is 3.34. The summed E-state index contributed by atoms with van der Waals surface area (Å²) in [4.78, 5) is 28.4. The highest BCUT2D eigenvalue weighted by molar-refractivity contribution is 6.41. The first-order valence-electron chi connectivity index (χ1n) is 5.77. The molecule has 2 rings (SSSR count). The Morgan fingerprint density at radius 3 is 2.86 bits per heavy atom. The molecule has 0 amide bonds. The molecule has 8 nitrogen and oxygen atoms in total. The molecule has 0 radical (unpaired) electrons. The van der Waals surface area contributed by atoms with Gasteiger partial charge in [0, 0.05) is 6.92 Å². The highest BCUT2D eigenvalue weighted by Crippen LogP contribution is 2.22. The number of rotatable bonds is 5. The number of aromatic nitrogens is 3. The van der Waals surface area contributed by atoms with Crippen LogP contribution in [0.5, 0.6) is 0 Å². The number of carbonyl (C=O) groups excluding carboxylic acids is 1. The summed E-state index contributed by atoms with van der Waals surface area (Å²) in [6.07, 6.45) is 1.15. The van der Waals surface area contributed by atoms with E-state index >= 15 is 0 Å². The van der Waals surface area contributed by atoms with Gasteiger partial charge in [0.15, 0.2) is 5.82 Å². The van der Waals surface area contributed by atoms with Crippen LogP contribution in [0.2, 0.25) is 10.2 Å². The zero-order valence-corrected chi connectivity index (χ0v) is 12.3. The molecule has 0 atom stereocenters. The molecule has 0 saturated heterocycles. The fourth-order valence-corrected chi connectivity index (χ4v) is 2.01. The first-order valence-corrected chi connectivity index (χ1v) is 6.53. The summed E-state index contributed by atoms with van der Waals surface area (Å²) in [5, 5.41) is 11.2. The van der Waals surface area contributed by atoms with E-state index in [2.05, 4.69) is 9.97 Å². The van der Waals surface area contributed by atoms with Crippen LogP contribution >= 0.6 is 23.2 Å². The lowest BCUT2D eigenvalue weighted by Crippen LogP contribution is -2.14. The van der Waals surface area contributed by atoms with Crippen LogP contribution < -0.4 is 0 Å². The van der Waals surface area contributed by atoms with Gasteiger partial charge in [0.2, 0.25) is 0 Å². The zero-order chi connectivity index (χ0) is 15.6. The van der Waals surface area contributed by atoms with Crippen LogP contribution in [0.3, 0.4) is 0 Å². The second-order valence-electron chi connectivity index (χ2n) is 4.05. The molecule has 21 heavy (non-hydrogen) atoms.